The van der Waals surface area contributed by atoms with Gasteiger partial charge in [-0.25, -0.2) is 0 Å². The van der Waals surface area contributed by atoms with Gasteiger partial charge in [0.2, 0.25) is 0 Å². The standard InChI is InChI=1S/C14H18N2/c1-10-14(13-8-4-5-9-15-13)11-6-2-3-7-12(11)16-10/h2-3,6-7,13,15-16H,4-5,8-9H2,1H3/t13-/m0/s1. The lowest BCUT2D eigenvalue weighted by molar-refractivity contribution is 0.413. The Morgan fingerprint density at radius 3 is 2.88 bits per heavy atom. The summed E-state index contributed by atoms with van der Waals surface area (Å²) in [5, 5.41) is 5.02. The molecule has 0 amide bonds. The molecule has 0 radical (unpaired) electrons. The van der Waals surface area contributed by atoms with E-state index in [1.807, 2.05) is 0 Å². The van der Waals surface area contributed by atoms with Crippen LogP contribution < -0.4 is 5.32 Å². The fourth-order valence-electron chi connectivity index (χ4n) is 2.85. The van der Waals surface area contributed by atoms with E-state index in [4.69, 9.17) is 0 Å². The molecule has 2 aromatic rings. The normalized spacial score (nSPS) is 21.4. The van der Waals surface area contributed by atoms with E-state index in [1.165, 1.54) is 41.4 Å². The Hall–Kier alpha value is -1.28. The van der Waals surface area contributed by atoms with Gasteiger partial charge in [0.15, 0.2) is 0 Å². The van der Waals surface area contributed by atoms with Crippen molar-refractivity contribution >= 4 is 10.9 Å². The number of nitrogens with one attached hydrogen (secondary N) is 2. The molecule has 1 saturated heterocycles. The van der Waals surface area contributed by atoms with E-state index < -0.39 is 0 Å². The number of aromatic nitrogens is 1. The summed E-state index contributed by atoms with van der Waals surface area (Å²) in [7, 11) is 0. The largest absolute Gasteiger partial charge is 0.358 e. The smallest absolute Gasteiger partial charge is 0.0459 e. The van der Waals surface area contributed by atoms with Crippen molar-refractivity contribution < 1.29 is 0 Å². The monoisotopic (exact) mass is 214 g/mol. The van der Waals surface area contributed by atoms with Gasteiger partial charge in [-0.2, -0.15) is 0 Å². The number of aromatic amines is 1. The quantitative estimate of drug-likeness (QED) is 0.749. The third kappa shape index (κ3) is 1.54. The molecular formula is C14H18N2. The van der Waals surface area contributed by atoms with Crippen LogP contribution in [0.3, 0.4) is 0 Å². The van der Waals surface area contributed by atoms with Gasteiger partial charge in [-0.05, 0) is 37.9 Å². The van der Waals surface area contributed by atoms with Crippen molar-refractivity contribution in [2.45, 2.75) is 32.2 Å². The first-order valence-electron chi connectivity index (χ1n) is 6.17. The maximum atomic E-state index is 3.63. The molecule has 1 aliphatic rings. The number of piperidine rings is 1. The van der Waals surface area contributed by atoms with Crippen LogP contribution >= 0.6 is 0 Å². The number of para-hydroxylation sites is 1. The Bertz CT molecular complexity index is 492. The van der Waals surface area contributed by atoms with Crippen molar-refractivity contribution in [1.82, 2.24) is 10.3 Å². The van der Waals surface area contributed by atoms with Gasteiger partial charge in [-0.3, -0.25) is 0 Å². The molecular weight excluding hydrogens is 196 g/mol. The van der Waals surface area contributed by atoms with Crippen LogP contribution in [-0.2, 0) is 0 Å². The summed E-state index contributed by atoms with van der Waals surface area (Å²) in [5.41, 5.74) is 4.07. The summed E-state index contributed by atoms with van der Waals surface area (Å²) in [5.74, 6) is 0. The third-order valence-corrected chi connectivity index (χ3v) is 3.60. The van der Waals surface area contributed by atoms with Gasteiger partial charge in [-0.1, -0.05) is 24.6 Å². The van der Waals surface area contributed by atoms with E-state index in [9.17, 15) is 0 Å². The van der Waals surface area contributed by atoms with Crippen molar-refractivity contribution in [2.24, 2.45) is 0 Å². The molecule has 2 heteroatoms. The summed E-state index contributed by atoms with van der Waals surface area (Å²) >= 11 is 0. The number of hydrogen-bond donors (Lipinski definition) is 2. The van der Waals surface area contributed by atoms with Crippen LogP contribution in [0.15, 0.2) is 24.3 Å². The molecule has 3 rings (SSSR count). The minimum atomic E-state index is 0.546. The average Bonchev–Trinajstić information content (AvgIpc) is 2.66. The van der Waals surface area contributed by atoms with Gasteiger partial charge in [0.25, 0.3) is 0 Å². The van der Waals surface area contributed by atoms with E-state index in [1.54, 1.807) is 0 Å². The van der Waals surface area contributed by atoms with Gasteiger partial charge in [0.1, 0.15) is 0 Å². The fourth-order valence-corrected chi connectivity index (χ4v) is 2.85. The first-order chi connectivity index (χ1) is 7.86. The Morgan fingerprint density at radius 2 is 2.06 bits per heavy atom. The van der Waals surface area contributed by atoms with Crippen LogP contribution in [0.4, 0.5) is 0 Å². The van der Waals surface area contributed by atoms with Crippen LogP contribution in [0.5, 0.6) is 0 Å². The SMILES string of the molecule is Cc1[nH]c2ccccc2c1[C@@H]1CCCCN1. The van der Waals surface area contributed by atoms with Crippen LogP contribution in [0.2, 0.25) is 0 Å². The fraction of sp³-hybridized carbons (Fsp3) is 0.429. The van der Waals surface area contributed by atoms with Crippen LogP contribution in [0.1, 0.15) is 36.6 Å². The first-order valence-corrected chi connectivity index (χ1v) is 6.17. The molecule has 2 heterocycles. The second kappa shape index (κ2) is 3.95. The summed E-state index contributed by atoms with van der Waals surface area (Å²) in [4.78, 5) is 3.48. The average molecular weight is 214 g/mol. The van der Waals surface area contributed by atoms with E-state index in [2.05, 4.69) is 41.5 Å². The van der Waals surface area contributed by atoms with Gasteiger partial charge in [-0.15, -0.1) is 0 Å². The van der Waals surface area contributed by atoms with Gasteiger partial charge in [0, 0.05) is 22.6 Å². The highest BCUT2D eigenvalue weighted by Gasteiger charge is 2.20. The van der Waals surface area contributed by atoms with Crippen molar-refractivity contribution in [3.8, 4) is 0 Å². The predicted molar refractivity (Wildman–Crippen MR) is 67.6 cm³/mol. The van der Waals surface area contributed by atoms with E-state index in [-0.39, 0.29) is 0 Å². The number of H-pyrrole nitrogens is 1. The zero-order valence-electron chi connectivity index (χ0n) is 9.72. The lowest BCUT2D eigenvalue weighted by atomic mass is 9.95. The maximum Gasteiger partial charge on any atom is 0.0459 e. The minimum Gasteiger partial charge on any atom is -0.358 e. The molecule has 16 heavy (non-hydrogen) atoms. The molecule has 0 saturated carbocycles. The molecule has 1 aromatic carbocycles. The molecule has 2 N–H and O–H groups in total. The van der Waals surface area contributed by atoms with Crippen molar-refractivity contribution in [3.05, 3.63) is 35.5 Å². The number of fused-ring (bicyclic) bond motifs is 1. The molecule has 1 aromatic heterocycles. The number of aryl methyl sites for hydroxylation is 1. The molecule has 2 nitrogen and oxygen atoms in total. The lowest BCUT2D eigenvalue weighted by Gasteiger charge is -2.24. The second-order valence-electron chi connectivity index (χ2n) is 4.71. The summed E-state index contributed by atoms with van der Waals surface area (Å²) < 4.78 is 0. The predicted octanol–water partition coefficient (Wildman–Crippen LogP) is 3.29. The summed E-state index contributed by atoms with van der Waals surface area (Å²) in [6, 6.07) is 9.15. The Kier molecular flexibility index (Phi) is 2.44. The minimum absolute atomic E-state index is 0.546. The van der Waals surface area contributed by atoms with Gasteiger partial charge >= 0.3 is 0 Å². The van der Waals surface area contributed by atoms with E-state index in [0.29, 0.717) is 6.04 Å². The molecule has 0 spiro atoms. The molecule has 0 unspecified atom stereocenters. The summed E-state index contributed by atoms with van der Waals surface area (Å²) in [6.07, 6.45) is 3.93. The molecule has 1 atom stereocenters. The number of benzene rings is 1. The van der Waals surface area contributed by atoms with Crippen molar-refractivity contribution in [1.29, 1.82) is 0 Å². The molecule has 0 aliphatic carbocycles. The molecule has 1 fully saturated rings. The number of hydrogen-bond acceptors (Lipinski definition) is 1. The van der Waals surface area contributed by atoms with Gasteiger partial charge in [0.05, 0.1) is 0 Å². The molecule has 84 valence electrons. The molecule has 0 bridgehead atoms. The highest BCUT2D eigenvalue weighted by atomic mass is 14.9. The van der Waals surface area contributed by atoms with Crippen LogP contribution in [0.25, 0.3) is 10.9 Å². The Balaban J connectivity index is 2.10. The zero-order chi connectivity index (χ0) is 11.0. The Morgan fingerprint density at radius 1 is 1.19 bits per heavy atom. The highest BCUT2D eigenvalue weighted by molar-refractivity contribution is 5.85. The third-order valence-electron chi connectivity index (χ3n) is 3.60. The number of rotatable bonds is 1. The van der Waals surface area contributed by atoms with E-state index in [0.717, 1.165) is 6.54 Å². The van der Waals surface area contributed by atoms with Crippen LogP contribution in [0, 0.1) is 6.92 Å². The maximum absolute atomic E-state index is 3.63. The first kappa shape index (κ1) is 9.91. The van der Waals surface area contributed by atoms with E-state index >= 15 is 0 Å². The van der Waals surface area contributed by atoms with Crippen LogP contribution in [-0.4, -0.2) is 11.5 Å². The Labute approximate surface area is 96.1 Å². The lowest BCUT2D eigenvalue weighted by Crippen LogP contribution is -2.27. The second-order valence-corrected chi connectivity index (χ2v) is 4.71. The van der Waals surface area contributed by atoms with Crippen molar-refractivity contribution in [2.75, 3.05) is 6.54 Å². The highest BCUT2D eigenvalue weighted by Crippen LogP contribution is 2.31. The summed E-state index contributed by atoms with van der Waals surface area (Å²) in [6.45, 7) is 3.34. The van der Waals surface area contributed by atoms with Crippen molar-refractivity contribution in [3.63, 3.8) is 0 Å². The topological polar surface area (TPSA) is 27.8 Å². The zero-order valence-corrected chi connectivity index (χ0v) is 9.72. The molecule has 1 aliphatic heterocycles. The van der Waals surface area contributed by atoms with Gasteiger partial charge < -0.3 is 10.3 Å².